The fourth-order valence-electron chi connectivity index (χ4n) is 6.45. The van der Waals surface area contributed by atoms with E-state index < -0.39 is 0 Å². The lowest BCUT2D eigenvalue weighted by molar-refractivity contribution is -0.132. The van der Waals surface area contributed by atoms with Gasteiger partial charge in [-0.2, -0.15) is 0 Å². The van der Waals surface area contributed by atoms with E-state index in [1.165, 1.54) is 28.7 Å². The van der Waals surface area contributed by atoms with E-state index in [-0.39, 0.29) is 23.0 Å². The molecule has 318 valence electrons. The number of anilines is 2. The van der Waals surface area contributed by atoms with Gasteiger partial charge < -0.3 is 24.4 Å². The number of ether oxygens (including phenoxy) is 3. The zero-order valence-electron chi connectivity index (χ0n) is 34.5. The summed E-state index contributed by atoms with van der Waals surface area (Å²) in [6.07, 6.45) is 5.22. The molecule has 0 bridgehead atoms. The highest BCUT2D eigenvalue weighted by molar-refractivity contribution is 8.00. The molecule has 6 rings (SSSR count). The van der Waals surface area contributed by atoms with E-state index in [9.17, 15) is 14.4 Å². The first kappa shape index (κ1) is 46.1. The van der Waals surface area contributed by atoms with Crippen molar-refractivity contribution in [2.45, 2.75) is 69.9 Å². The zero-order valence-corrected chi connectivity index (χ0v) is 36.9. The average Bonchev–Trinajstić information content (AvgIpc) is 3.70. The van der Waals surface area contributed by atoms with Crippen LogP contribution in [0.3, 0.4) is 0 Å². The van der Waals surface area contributed by atoms with E-state index in [1.54, 1.807) is 12.3 Å². The number of thioether (sulfide) groups is 1. The van der Waals surface area contributed by atoms with Crippen LogP contribution in [0.15, 0.2) is 59.6 Å². The Morgan fingerprint density at radius 1 is 0.966 bits per heavy atom. The van der Waals surface area contributed by atoms with Crippen LogP contribution >= 0.6 is 34.7 Å². The number of nitrogens with zero attached hydrogens (tertiary/aromatic N) is 5. The fraction of sp³-hybridized carbons (Fsp3) is 0.488. The molecule has 4 heterocycles. The highest BCUT2D eigenvalue weighted by atomic mass is 35.5. The highest BCUT2D eigenvalue weighted by Gasteiger charge is 2.27. The topological polar surface area (TPSA) is 148 Å². The van der Waals surface area contributed by atoms with Gasteiger partial charge in [0.15, 0.2) is 0 Å². The van der Waals surface area contributed by atoms with Crippen molar-refractivity contribution in [3.8, 4) is 0 Å². The molecule has 0 spiro atoms. The van der Waals surface area contributed by atoms with Gasteiger partial charge in [0.2, 0.25) is 11.8 Å². The Morgan fingerprint density at radius 3 is 2.44 bits per heavy atom. The first-order valence-electron chi connectivity index (χ1n) is 20.3. The molecule has 2 aromatic carbocycles. The molecule has 1 unspecified atom stereocenters. The number of piperidine rings is 1. The normalized spacial score (nSPS) is 15.7. The number of aryl methyl sites for hydroxylation is 3. The maximum atomic E-state index is 12.8. The van der Waals surface area contributed by atoms with Crippen molar-refractivity contribution in [3.05, 3.63) is 92.3 Å². The second-order valence-corrected chi connectivity index (χ2v) is 16.9. The van der Waals surface area contributed by atoms with Crippen molar-refractivity contribution in [1.82, 2.24) is 25.2 Å². The summed E-state index contributed by atoms with van der Waals surface area (Å²) in [5, 5.41) is 6.47. The lowest BCUT2D eigenvalue weighted by atomic mass is 10.1. The smallest absolute Gasteiger partial charge is 0.267 e. The summed E-state index contributed by atoms with van der Waals surface area (Å²) in [6.45, 7) is 16.8. The Balaban J connectivity index is 0.000000266. The number of carbonyl (C=O) groups excluding carboxylic acids is 3. The molecule has 2 saturated heterocycles. The molecule has 16 heteroatoms. The Bertz CT molecular complexity index is 1940. The number of rotatable bonds is 19. The summed E-state index contributed by atoms with van der Waals surface area (Å²) in [6, 6.07) is 15.9. The molecule has 59 heavy (non-hydrogen) atoms. The standard InChI is InChI=1S/C27H35ClN6O3S.C16H21NO3S/c1-4-36-14-15-37-13-12-33-8-10-34(11-9-33)24-16-21(30-20(3)31-24)17-25-29-18-23(38-25)27(35)32-26-19(2)6-5-7-22(26)28;1-2-20-11-3-4-12-5-7-13(8-6-12)21-14-9-10-15(18)17-16(14)19/h5-7,16,18H,4,8-15,17H2,1-3H3,(H,32,35);5-8,14H,2-4,9-11H2,1H3,(H,17,18,19). The highest BCUT2D eigenvalue weighted by Crippen LogP contribution is 2.29. The van der Waals surface area contributed by atoms with E-state index in [0.717, 1.165) is 105 Å². The molecule has 2 aliphatic rings. The van der Waals surface area contributed by atoms with Gasteiger partial charge in [0.05, 0.1) is 52.7 Å². The monoisotopic (exact) mass is 865 g/mol. The molecule has 4 aromatic rings. The molecule has 2 N–H and O–H groups in total. The fourth-order valence-corrected chi connectivity index (χ4v) is 8.57. The molecule has 0 radical (unpaired) electrons. The maximum Gasteiger partial charge on any atom is 0.267 e. The lowest BCUT2D eigenvalue weighted by Crippen LogP contribution is -2.47. The van der Waals surface area contributed by atoms with Gasteiger partial charge in [0, 0.05) is 76.3 Å². The van der Waals surface area contributed by atoms with Gasteiger partial charge >= 0.3 is 0 Å². The Hall–Kier alpha value is -3.96. The van der Waals surface area contributed by atoms with Crippen LogP contribution in [0, 0.1) is 13.8 Å². The number of amides is 3. The van der Waals surface area contributed by atoms with Crippen molar-refractivity contribution in [2.75, 3.05) is 82.6 Å². The van der Waals surface area contributed by atoms with Gasteiger partial charge in [-0.25, -0.2) is 15.0 Å². The van der Waals surface area contributed by atoms with Crippen LogP contribution in [0.25, 0.3) is 0 Å². The Morgan fingerprint density at radius 2 is 1.71 bits per heavy atom. The molecule has 2 fully saturated rings. The minimum atomic E-state index is -0.220. The second-order valence-electron chi connectivity index (χ2n) is 14.1. The van der Waals surface area contributed by atoms with Gasteiger partial charge in [-0.3, -0.25) is 24.6 Å². The molecule has 2 aromatic heterocycles. The summed E-state index contributed by atoms with van der Waals surface area (Å²) >= 11 is 9.15. The predicted molar refractivity (Wildman–Crippen MR) is 235 cm³/mol. The minimum Gasteiger partial charge on any atom is -0.382 e. The van der Waals surface area contributed by atoms with Gasteiger partial charge in [-0.15, -0.1) is 23.1 Å². The third kappa shape index (κ3) is 15.2. The van der Waals surface area contributed by atoms with Crippen molar-refractivity contribution < 1.29 is 28.6 Å². The molecular weight excluding hydrogens is 810 g/mol. The maximum absolute atomic E-state index is 12.8. The second kappa shape index (κ2) is 24.3. The number of aromatic nitrogens is 3. The van der Waals surface area contributed by atoms with Crippen LogP contribution in [-0.2, 0) is 36.6 Å². The number of piperazine rings is 1. The van der Waals surface area contributed by atoms with Crippen molar-refractivity contribution in [3.63, 3.8) is 0 Å². The van der Waals surface area contributed by atoms with E-state index in [2.05, 4.69) is 47.5 Å². The number of hydrogen-bond donors (Lipinski definition) is 2. The first-order chi connectivity index (χ1) is 28.6. The van der Waals surface area contributed by atoms with Crippen LogP contribution in [0.4, 0.5) is 11.5 Å². The van der Waals surface area contributed by atoms with Gasteiger partial charge in [0.1, 0.15) is 16.5 Å². The summed E-state index contributed by atoms with van der Waals surface area (Å²) < 4.78 is 16.3. The van der Waals surface area contributed by atoms with Gasteiger partial charge in [0.25, 0.3) is 5.91 Å². The number of imide groups is 1. The molecular formula is C43H56ClN7O6S2. The zero-order chi connectivity index (χ0) is 42.0. The minimum absolute atomic E-state index is 0.161. The van der Waals surface area contributed by atoms with Crippen LogP contribution < -0.4 is 15.5 Å². The van der Waals surface area contributed by atoms with Crippen LogP contribution in [0.5, 0.6) is 0 Å². The molecule has 2 aliphatic heterocycles. The summed E-state index contributed by atoms with van der Waals surface area (Å²) in [5.74, 6) is 1.11. The van der Waals surface area contributed by atoms with Gasteiger partial charge in [-0.05, 0) is 76.3 Å². The quantitative estimate of drug-likeness (QED) is 0.0757. The third-order valence-electron chi connectivity index (χ3n) is 9.62. The Labute approximate surface area is 361 Å². The number of halogens is 1. The van der Waals surface area contributed by atoms with Crippen LogP contribution in [-0.4, -0.2) is 115 Å². The third-order valence-corrected chi connectivity index (χ3v) is 12.2. The number of nitrogens with one attached hydrogen (secondary N) is 2. The van der Waals surface area contributed by atoms with E-state index in [0.29, 0.717) is 48.1 Å². The number of para-hydroxylation sites is 1. The lowest BCUT2D eigenvalue weighted by Gasteiger charge is -2.35. The Kier molecular flexibility index (Phi) is 19.0. The molecule has 1 atom stereocenters. The van der Waals surface area contributed by atoms with Crippen molar-refractivity contribution in [1.29, 1.82) is 0 Å². The molecule has 0 saturated carbocycles. The van der Waals surface area contributed by atoms with Crippen molar-refractivity contribution >= 4 is 63.9 Å². The van der Waals surface area contributed by atoms with E-state index >= 15 is 0 Å². The molecule has 13 nitrogen and oxygen atoms in total. The van der Waals surface area contributed by atoms with Crippen LogP contribution in [0.1, 0.15) is 70.4 Å². The summed E-state index contributed by atoms with van der Waals surface area (Å²) in [5.41, 5.74) is 3.70. The molecule has 3 amide bonds. The largest absolute Gasteiger partial charge is 0.382 e. The number of benzene rings is 2. The number of thiazole rings is 1. The summed E-state index contributed by atoms with van der Waals surface area (Å²) in [7, 11) is 0. The average molecular weight is 867 g/mol. The van der Waals surface area contributed by atoms with Gasteiger partial charge in [-0.1, -0.05) is 35.9 Å². The van der Waals surface area contributed by atoms with Crippen molar-refractivity contribution in [2.24, 2.45) is 0 Å². The van der Waals surface area contributed by atoms with Crippen LogP contribution in [0.2, 0.25) is 5.02 Å². The summed E-state index contributed by atoms with van der Waals surface area (Å²) in [4.78, 5) is 55.7. The number of carbonyl (C=O) groups is 3. The van der Waals surface area contributed by atoms with E-state index in [4.69, 9.17) is 25.8 Å². The SMILES string of the molecule is CCOCCCc1ccc(SC2CCC(=O)NC2=O)cc1.CCOCCOCCN1CCN(c2cc(Cc3ncc(C(=O)Nc4c(C)cccc4Cl)s3)nc(C)n2)CC1. The number of hydrogen-bond acceptors (Lipinski definition) is 13. The predicted octanol–water partition coefficient (Wildman–Crippen LogP) is 6.77. The van der Waals surface area contributed by atoms with E-state index in [1.807, 2.05) is 58.0 Å². The first-order valence-corrected chi connectivity index (χ1v) is 22.3. The molecule has 0 aliphatic carbocycles.